The van der Waals surface area contributed by atoms with Gasteiger partial charge < -0.3 is 15.4 Å². The van der Waals surface area contributed by atoms with E-state index in [-0.39, 0.29) is 25.7 Å². The number of pyridine rings is 1. The molecule has 1 atom stereocenters. The van der Waals surface area contributed by atoms with Gasteiger partial charge >= 0.3 is 6.09 Å². The van der Waals surface area contributed by atoms with Crippen LogP contribution in [-0.4, -0.2) is 49.4 Å². The monoisotopic (exact) mass is 506 g/mol. The summed E-state index contributed by atoms with van der Waals surface area (Å²) in [4.78, 5) is 29.8. The summed E-state index contributed by atoms with van der Waals surface area (Å²) in [5.41, 5.74) is 3.31. The van der Waals surface area contributed by atoms with Crippen molar-refractivity contribution in [2.45, 2.75) is 19.1 Å². The van der Waals surface area contributed by atoms with Crippen LogP contribution in [0.5, 0.6) is 0 Å². The van der Waals surface area contributed by atoms with Crippen LogP contribution >= 0.6 is 0 Å². The molecule has 1 aliphatic rings. The number of halogens is 2. The van der Waals surface area contributed by atoms with Crippen LogP contribution in [0.4, 0.5) is 19.3 Å². The number of aromatic nitrogens is 1. The molecule has 0 aliphatic carbocycles. The van der Waals surface area contributed by atoms with E-state index in [9.17, 15) is 18.4 Å². The van der Waals surface area contributed by atoms with Gasteiger partial charge in [0.25, 0.3) is 0 Å². The summed E-state index contributed by atoms with van der Waals surface area (Å²) in [6, 6.07) is 15.7. The Morgan fingerprint density at radius 1 is 1.19 bits per heavy atom. The smallest absolute Gasteiger partial charge is 0.414 e. The van der Waals surface area contributed by atoms with Crippen LogP contribution in [0.1, 0.15) is 17.5 Å². The Labute approximate surface area is 214 Å². The van der Waals surface area contributed by atoms with Gasteiger partial charge in [-0.3, -0.25) is 19.1 Å². The predicted octanol–water partition coefficient (Wildman–Crippen LogP) is 4.49. The van der Waals surface area contributed by atoms with Crippen molar-refractivity contribution < 1.29 is 23.1 Å². The minimum absolute atomic E-state index is 0.133. The largest absolute Gasteiger partial charge is 0.442 e. The van der Waals surface area contributed by atoms with Crippen LogP contribution in [0.15, 0.2) is 73.1 Å². The number of rotatable bonds is 11. The van der Waals surface area contributed by atoms with E-state index >= 15 is 0 Å². The summed E-state index contributed by atoms with van der Waals surface area (Å²) in [7, 11) is 0. The Bertz CT molecular complexity index is 1240. The molecule has 2 N–H and O–H groups in total. The lowest BCUT2D eigenvalue weighted by Crippen LogP contribution is -2.33. The van der Waals surface area contributed by atoms with E-state index < -0.39 is 18.0 Å². The van der Waals surface area contributed by atoms with Crippen molar-refractivity contribution in [2.75, 3.05) is 31.2 Å². The van der Waals surface area contributed by atoms with Crippen molar-refractivity contribution >= 4 is 23.8 Å². The van der Waals surface area contributed by atoms with Crippen LogP contribution in [0, 0.1) is 5.82 Å². The molecule has 7 nitrogen and oxygen atoms in total. The minimum atomic E-state index is -0.595. The highest BCUT2D eigenvalue weighted by atomic mass is 19.1. The minimum Gasteiger partial charge on any atom is -0.442 e. The van der Waals surface area contributed by atoms with Gasteiger partial charge in [0.2, 0.25) is 5.91 Å². The van der Waals surface area contributed by atoms with Gasteiger partial charge in [0.05, 0.1) is 25.5 Å². The van der Waals surface area contributed by atoms with E-state index in [0.717, 1.165) is 11.1 Å². The molecule has 1 fully saturated rings. The van der Waals surface area contributed by atoms with Gasteiger partial charge in [-0.05, 0) is 60.0 Å². The highest BCUT2D eigenvalue weighted by Gasteiger charge is 2.32. The van der Waals surface area contributed by atoms with Gasteiger partial charge in [-0.1, -0.05) is 30.3 Å². The van der Waals surface area contributed by atoms with Crippen molar-refractivity contribution in [1.82, 2.24) is 15.6 Å². The van der Waals surface area contributed by atoms with E-state index in [1.165, 1.54) is 17.0 Å². The summed E-state index contributed by atoms with van der Waals surface area (Å²) < 4.78 is 32.5. The lowest BCUT2D eigenvalue weighted by molar-refractivity contribution is -0.116. The van der Waals surface area contributed by atoms with Gasteiger partial charge in [0.1, 0.15) is 11.9 Å². The number of benzene rings is 2. The summed E-state index contributed by atoms with van der Waals surface area (Å²) in [5.74, 6) is -0.785. The second-order valence-electron chi connectivity index (χ2n) is 8.56. The third-order valence-electron chi connectivity index (χ3n) is 5.84. The zero-order valence-electron chi connectivity index (χ0n) is 20.2. The zero-order valence-corrected chi connectivity index (χ0v) is 20.2. The van der Waals surface area contributed by atoms with E-state index in [4.69, 9.17) is 4.74 Å². The highest BCUT2D eigenvalue weighted by Crippen LogP contribution is 2.29. The Balaban J connectivity index is 1.31. The third-order valence-corrected chi connectivity index (χ3v) is 5.84. The van der Waals surface area contributed by atoms with Crippen molar-refractivity contribution in [3.8, 4) is 11.1 Å². The summed E-state index contributed by atoms with van der Waals surface area (Å²) >= 11 is 0. The maximum atomic E-state index is 15.0. The molecule has 0 radical (unpaired) electrons. The first kappa shape index (κ1) is 26.0. The van der Waals surface area contributed by atoms with Crippen molar-refractivity contribution in [2.24, 2.45) is 0 Å². The van der Waals surface area contributed by atoms with Crippen LogP contribution in [0.3, 0.4) is 0 Å². The van der Waals surface area contributed by atoms with Gasteiger partial charge in [-0.2, -0.15) is 0 Å². The van der Waals surface area contributed by atoms with Crippen LogP contribution in [-0.2, 0) is 16.1 Å². The molecule has 0 spiro atoms. The highest BCUT2D eigenvalue weighted by molar-refractivity contribution is 5.92. The molecule has 3 aromatic rings. The molecule has 2 heterocycles. The average Bonchev–Trinajstić information content (AvgIpc) is 3.30. The standard InChI is InChI=1S/C28H28F2N4O3/c29-12-2-14-32-17-21-4-7-22(8-5-21)25-10-9-23(15-26(25)30)34-19-24(37-28(34)36)18-33-27(35)11-6-20-3-1-13-31-16-20/h1,3-11,13,15-16,24,32H,2,12,14,17-19H2,(H,33,35)/b11-6+/t24-/m0/s1. The average molecular weight is 507 g/mol. The molecule has 9 heteroatoms. The fourth-order valence-corrected chi connectivity index (χ4v) is 3.89. The van der Waals surface area contributed by atoms with Crippen molar-refractivity contribution in [3.63, 3.8) is 0 Å². The van der Waals surface area contributed by atoms with Crippen molar-refractivity contribution in [1.29, 1.82) is 0 Å². The maximum Gasteiger partial charge on any atom is 0.414 e. The summed E-state index contributed by atoms with van der Waals surface area (Å²) in [6.07, 6.45) is 5.62. The predicted molar refractivity (Wildman–Crippen MR) is 138 cm³/mol. The molecule has 0 unspecified atom stereocenters. The summed E-state index contributed by atoms with van der Waals surface area (Å²) in [6.45, 7) is 1.19. The van der Waals surface area contributed by atoms with E-state index in [2.05, 4.69) is 15.6 Å². The number of ether oxygens (including phenoxy) is 1. The molecule has 2 aromatic carbocycles. The van der Waals surface area contributed by atoms with Crippen LogP contribution < -0.4 is 15.5 Å². The molecular weight excluding hydrogens is 478 g/mol. The number of amides is 2. The summed E-state index contributed by atoms with van der Waals surface area (Å²) in [5, 5.41) is 5.86. The molecule has 1 aliphatic heterocycles. The number of nitrogens with zero attached hydrogens (tertiary/aromatic N) is 2. The Morgan fingerprint density at radius 3 is 2.76 bits per heavy atom. The topological polar surface area (TPSA) is 83.6 Å². The van der Waals surface area contributed by atoms with Gasteiger partial charge in [0.15, 0.2) is 0 Å². The molecule has 1 saturated heterocycles. The number of hydrogen-bond acceptors (Lipinski definition) is 5. The number of hydrogen-bond donors (Lipinski definition) is 2. The Morgan fingerprint density at radius 2 is 2.03 bits per heavy atom. The fraction of sp³-hybridized carbons (Fsp3) is 0.250. The fourth-order valence-electron chi connectivity index (χ4n) is 3.89. The second-order valence-corrected chi connectivity index (χ2v) is 8.56. The Hall–Kier alpha value is -4.11. The maximum absolute atomic E-state index is 15.0. The van der Waals surface area contributed by atoms with Gasteiger partial charge in [-0.25, -0.2) is 9.18 Å². The first-order chi connectivity index (χ1) is 18.0. The number of alkyl halides is 1. The van der Waals surface area contributed by atoms with E-state index in [0.29, 0.717) is 36.3 Å². The van der Waals surface area contributed by atoms with Crippen LogP contribution in [0.25, 0.3) is 17.2 Å². The molecular formula is C28H28F2N4O3. The van der Waals surface area contributed by atoms with Gasteiger partial charge in [0, 0.05) is 30.6 Å². The van der Waals surface area contributed by atoms with E-state index in [1.54, 1.807) is 36.7 Å². The zero-order chi connectivity index (χ0) is 26.0. The number of carbonyl (C=O) groups is 2. The first-order valence-electron chi connectivity index (χ1n) is 12.0. The van der Waals surface area contributed by atoms with E-state index in [1.807, 2.05) is 30.3 Å². The lowest BCUT2D eigenvalue weighted by Gasteiger charge is -2.15. The molecule has 1 aromatic heterocycles. The number of anilines is 1. The van der Waals surface area contributed by atoms with Crippen molar-refractivity contribution in [3.05, 3.63) is 90.0 Å². The van der Waals surface area contributed by atoms with Crippen LogP contribution in [0.2, 0.25) is 0 Å². The molecule has 192 valence electrons. The molecule has 4 rings (SSSR count). The molecule has 0 bridgehead atoms. The van der Waals surface area contributed by atoms with Gasteiger partial charge in [-0.15, -0.1) is 0 Å². The third kappa shape index (κ3) is 7.20. The number of cyclic esters (lactones) is 1. The lowest BCUT2D eigenvalue weighted by atomic mass is 10.0. The SMILES string of the molecule is O=C(/C=C/c1cccnc1)NC[C@H]1CN(c2ccc(-c3ccc(CNCCCF)cc3)c(F)c2)C(=O)O1. The second kappa shape index (κ2) is 12.7. The molecule has 37 heavy (non-hydrogen) atoms. The molecule has 0 saturated carbocycles. The number of nitrogens with one attached hydrogen (secondary N) is 2. The first-order valence-corrected chi connectivity index (χ1v) is 12.0. The number of carbonyl (C=O) groups excluding carboxylic acids is 2. The normalized spacial score (nSPS) is 15.2. The Kier molecular flexibility index (Phi) is 8.93. The quantitative estimate of drug-likeness (QED) is 0.296. The molecule has 2 amide bonds.